The highest BCUT2D eigenvalue weighted by molar-refractivity contribution is 5.96. The Bertz CT molecular complexity index is 1020. The topological polar surface area (TPSA) is 65.8 Å². The van der Waals surface area contributed by atoms with Gasteiger partial charge in [-0.05, 0) is 43.9 Å². The molecule has 0 aliphatic rings. The smallest absolute Gasteiger partial charge is 0.349 e. The van der Waals surface area contributed by atoms with Crippen LogP contribution in [0, 0.1) is 0 Å². The SMILES string of the molecule is CN(C)c1ccc([C@@H](CNC(=O)c2cc3ccccc3oc2=O)N(C)C)cc1. The van der Waals surface area contributed by atoms with E-state index in [4.69, 9.17) is 4.42 Å². The molecular formula is C22H25N3O3. The summed E-state index contributed by atoms with van der Waals surface area (Å²) in [4.78, 5) is 28.9. The number of fused-ring (bicyclic) bond motifs is 1. The monoisotopic (exact) mass is 379 g/mol. The van der Waals surface area contributed by atoms with Crippen LogP contribution in [0.4, 0.5) is 5.69 Å². The lowest BCUT2D eigenvalue weighted by Gasteiger charge is -2.25. The lowest BCUT2D eigenvalue weighted by molar-refractivity contribution is 0.0938. The van der Waals surface area contributed by atoms with E-state index in [1.54, 1.807) is 18.2 Å². The van der Waals surface area contributed by atoms with Gasteiger partial charge in [0.1, 0.15) is 11.1 Å². The van der Waals surface area contributed by atoms with Gasteiger partial charge in [0.25, 0.3) is 5.91 Å². The third-order valence-corrected chi connectivity index (χ3v) is 4.76. The van der Waals surface area contributed by atoms with Crippen molar-refractivity contribution in [3.8, 4) is 0 Å². The van der Waals surface area contributed by atoms with Crippen LogP contribution in [-0.4, -0.2) is 45.5 Å². The van der Waals surface area contributed by atoms with Gasteiger partial charge in [-0.2, -0.15) is 0 Å². The number of nitrogens with one attached hydrogen (secondary N) is 1. The number of carbonyl (C=O) groups excluding carboxylic acids is 1. The molecule has 146 valence electrons. The Morgan fingerprint density at radius 2 is 1.71 bits per heavy atom. The first-order valence-electron chi connectivity index (χ1n) is 9.11. The van der Waals surface area contributed by atoms with E-state index in [0.717, 1.165) is 16.6 Å². The molecule has 0 bridgehead atoms. The van der Waals surface area contributed by atoms with Crippen LogP contribution in [0.5, 0.6) is 0 Å². The number of hydrogen-bond donors (Lipinski definition) is 1. The second-order valence-corrected chi connectivity index (χ2v) is 7.16. The van der Waals surface area contributed by atoms with Crippen molar-refractivity contribution in [1.29, 1.82) is 0 Å². The summed E-state index contributed by atoms with van der Waals surface area (Å²) in [6.45, 7) is 0.374. The van der Waals surface area contributed by atoms with Crippen LogP contribution in [0.15, 0.2) is 63.8 Å². The summed E-state index contributed by atoms with van der Waals surface area (Å²) in [5.74, 6) is -0.434. The number of nitrogens with zero attached hydrogens (tertiary/aromatic N) is 2. The molecule has 1 atom stereocenters. The van der Waals surface area contributed by atoms with Gasteiger partial charge in [0, 0.05) is 31.7 Å². The zero-order chi connectivity index (χ0) is 20.3. The van der Waals surface area contributed by atoms with E-state index in [-0.39, 0.29) is 11.6 Å². The number of para-hydroxylation sites is 1. The Morgan fingerprint density at radius 3 is 2.36 bits per heavy atom. The van der Waals surface area contributed by atoms with Gasteiger partial charge in [-0.15, -0.1) is 0 Å². The second kappa shape index (κ2) is 8.27. The van der Waals surface area contributed by atoms with Crippen molar-refractivity contribution in [1.82, 2.24) is 10.2 Å². The van der Waals surface area contributed by atoms with Crippen molar-refractivity contribution in [3.63, 3.8) is 0 Å². The Morgan fingerprint density at radius 1 is 1.04 bits per heavy atom. The van der Waals surface area contributed by atoms with Gasteiger partial charge in [-0.3, -0.25) is 4.79 Å². The Balaban J connectivity index is 1.77. The number of anilines is 1. The molecule has 1 aromatic heterocycles. The molecule has 3 aromatic rings. The van der Waals surface area contributed by atoms with Crippen LogP contribution in [-0.2, 0) is 0 Å². The molecule has 0 saturated heterocycles. The quantitative estimate of drug-likeness (QED) is 0.667. The average molecular weight is 379 g/mol. The molecular weight excluding hydrogens is 354 g/mol. The molecule has 3 rings (SSSR count). The number of hydrogen-bond acceptors (Lipinski definition) is 5. The minimum atomic E-state index is -0.632. The molecule has 0 spiro atoms. The maximum absolute atomic E-state index is 12.6. The molecule has 6 nitrogen and oxygen atoms in total. The standard InChI is InChI=1S/C22H25N3O3/c1-24(2)17-11-9-15(10-12-17)19(25(3)4)14-23-21(26)18-13-16-7-5-6-8-20(16)28-22(18)27/h5-13,19H,14H2,1-4H3,(H,23,26)/t19-/m1/s1. The van der Waals surface area contributed by atoms with Crippen LogP contribution < -0.4 is 15.8 Å². The first kappa shape index (κ1) is 19.6. The van der Waals surface area contributed by atoms with E-state index in [1.807, 2.05) is 62.3 Å². The first-order valence-corrected chi connectivity index (χ1v) is 9.11. The van der Waals surface area contributed by atoms with Crippen molar-refractivity contribution in [2.24, 2.45) is 0 Å². The van der Waals surface area contributed by atoms with E-state index >= 15 is 0 Å². The number of amides is 1. The summed E-state index contributed by atoms with van der Waals surface area (Å²) in [5, 5.41) is 3.59. The van der Waals surface area contributed by atoms with Crippen LogP contribution in [0.2, 0.25) is 0 Å². The molecule has 0 aliphatic heterocycles. The van der Waals surface area contributed by atoms with Gasteiger partial charge in [-0.25, -0.2) is 4.79 Å². The number of rotatable bonds is 6. The lowest BCUT2D eigenvalue weighted by atomic mass is 10.0. The molecule has 0 fully saturated rings. The maximum Gasteiger partial charge on any atom is 0.349 e. The van der Waals surface area contributed by atoms with Crippen LogP contribution in [0.25, 0.3) is 11.0 Å². The highest BCUT2D eigenvalue weighted by atomic mass is 16.4. The minimum absolute atomic E-state index is 0.0131. The van der Waals surface area contributed by atoms with E-state index in [1.165, 1.54) is 0 Å². The van der Waals surface area contributed by atoms with Gasteiger partial charge < -0.3 is 19.5 Å². The maximum atomic E-state index is 12.6. The summed E-state index contributed by atoms with van der Waals surface area (Å²) in [6.07, 6.45) is 0. The number of carbonyl (C=O) groups is 1. The normalized spacial score (nSPS) is 12.2. The van der Waals surface area contributed by atoms with Crippen molar-refractivity contribution >= 4 is 22.6 Å². The molecule has 6 heteroatoms. The van der Waals surface area contributed by atoms with Gasteiger partial charge in [0.2, 0.25) is 0 Å². The Labute approximate surface area is 164 Å². The van der Waals surface area contributed by atoms with Crippen LogP contribution in [0.3, 0.4) is 0 Å². The van der Waals surface area contributed by atoms with Gasteiger partial charge in [0.05, 0.1) is 6.04 Å². The van der Waals surface area contributed by atoms with Gasteiger partial charge in [0.15, 0.2) is 0 Å². The molecule has 0 aliphatic carbocycles. The van der Waals surface area contributed by atoms with E-state index < -0.39 is 11.5 Å². The van der Waals surface area contributed by atoms with Crippen LogP contribution in [0.1, 0.15) is 22.0 Å². The van der Waals surface area contributed by atoms with Crippen molar-refractivity contribution in [3.05, 3.63) is 76.1 Å². The van der Waals surface area contributed by atoms with Gasteiger partial charge >= 0.3 is 5.63 Å². The fourth-order valence-corrected chi connectivity index (χ4v) is 3.10. The lowest BCUT2D eigenvalue weighted by Crippen LogP contribution is -2.36. The highest BCUT2D eigenvalue weighted by Crippen LogP contribution is 2.21. The van der Waals surface area contributed by atoms with Crippen molar-refractivity contribution in [2.45, 2.75) is 6.04 Å². The zero-order valence-electron chi connectivity index (χ0n) is 16.6. The predicted molar refractivity (Wildman–Crippen MR) is 112 cm³/mol. The van der Waals surface area contributed by atoms with Gasteiger partial charge in [-0.1, -0.05) is 30.3 Å². The molecule has 2 aromatic carbocycles. The zero-order valence-corrected chi connectivity index (χ0v) is 16.6. The Hall–Kier alpha value is -3.12. The highest BCUT2D eigenvalue weighted by Gasteiger charge is 2.18. The predicted octanol–water partition coefficient (Wildman–Crippen LogP) is 2.89. The van der Waals surface area contributed by atoms with Crippen molar-refractivity contribution < 1.29 is 9.21 Å². The Kier molecular flexibility index (Phi) is 5.80. The summed E-state index contributed by atoms with van der Waals surface area (Å²) in [6, 6.07) is 16.9. The largest absolute Gasteiger partial charge is 0.422 e. The summed E-state index contributed by atoms with van der Waals surface area (Å²) in [5.41, 5.74) is 2.05. The fourth-order valence-electron chi connectivity index (χ4n) is 3.10. The molecule has 1 amide bonds. The molecule has 0 saturated carbocycles. The number of benzene rings is 2. The van der Waals surface area contributed by atoms with E-state index in [0.29, 0.717) is 12.1 Å². The molecule has 28 heavy (non-hydrogen) atoms. The fraction of sp³-hybridized carbons (Fsp3) is 0.273. The summed E-state index contributed by atoms with van der Waals surface area (Å²) < 4.78 is 5.26. The summed E-state index contributed by atoms with van der Waals surface area (Å²) >= 11 is 0. The molecule has 0 radical (unpaired) electrons. The molecule has 1 heterocycles. The third kappa shape index (κ3) is 4.23. The minimum Gasteiger partial charge on any atom is -0.422 e. The van der Waals surface area contributed by atoms with Crippen molar-refractivity contribution in [2.75, 3.05) is 39.6 Å². The summed E-state index contributed by atoms with van der Waals surface area (Å²) in [7, 11) is 7.91. The first-order chi connectivity index (χ1) is 13.4. The van der Waals surface area contributed by atoms with E-state index in [9.17, 15) is 9.59 Å². The van der Waals surface area contributed by atoms with E-state index in [2.05, 4.69) is 17.4 Å². The third-order valence-electron chi connectivity index (χ3n) is 4.76. The molecule has 0 unspecified atom stereocenters. The van der Waals surface area contributed by atoms with Crippen LogP contribution >= 0.6 is 0 Å². The second-order valence-electron chi connectivity index (χ2n) is 7.16. The average Bonchev–Trinajstić information content (AvgIpc) is 2.67. The molecule has 1 N–H and O–H groups in total. The number of likely N-dealkylation sites (N-methyl/N-ethyl adjacent to an activating group) is 1.